The summed E-state index contributed by atoms with van der Waals surface area (Å²) in [6, 6.07) is 5.33. The van der Waals surface area contributed by atoms with Crippen LogP contribution in [0.15, 0.2) is 18.2 Å². The Balaban J connectivity index is 2.34. The second kappa shape index (κ2) is 5.61. The molecule has 0 saturated heterocycles. The fourth-order valence-corrected chi connectivity index (χ4v) is 2.84. The number of rotatable bonds is 3. The number of anilines is 1. The van der Waals surface area contributed by atoms with Crippen LogP contribution in [-0.2, 0) is 0 Å². The van der Waals surface area contributed by atoms with E-state index < -0.39 is 5.97 Å². The Labute approximate surface area is 113 Å². The Morgan fingerprint density at radius 2 is 2.00 bits per heavy atom. The third-order valence-corrected chi connectivity index (χ3v) is 3.96. The Hall–Kier alpha value is -1.55. The number of carboxylic acids is 1. The van der Waals surface area contributed by atoms with E-state index in [0.29, 0.717) is 11.3 Å². The number of nitrogens with zero attached hydrogens (tertiary/aromatic N) is 1. The number of aliphatic hydroxyl groups is 1. The first-order valence-electron chi connectivity index (χ1n) is 6.75. The molecule has 1 saturated carbocycles. The minimum absolute atomic E-state index is 0.00801. The van der Waals surface area contributed by atoms with Gasteiger partial charge in [0.2, 0.25) is 0 Å². The molecule has 0 bridgehead atoms. The lowest BCUT2D eigenvalue weighted by Crippen LogP contribution is -2.44. The van der Waals surface area contributed by atoms with Crippen molar-refractivity contribution in [1.29, 1.82) is 0 Å². The van der Waals surface area contributed by atoms with E-state index in [1.54, 1.807) is 12.1 Å². The molecule has 104 valence electrons. The first-order valence-corrected chi connectivity index (χ1v) is 6.75. The summed E-state index contributed by atoms with van der Waals surface area (Å²) in [6.07, 6.45) is 3.46. The van der Waals surface area contributed by atoms with Crippen molar-refractivity contribution in [2.24, 2.45) is 0 Å². The van der Waals surface area contributed by atoms with Gasteiger partial charge in [0.15, 0.2) is 0 Å². The van der Waals surface area contributed by atoms with Crippen molar-refractivity contribution >= 4 is 11.7 Å². The van der Waals surface area contributed by atoms with Gasteiger partial charge in [0, 0.05) is 7.05 Å². The van der Waals surface area contributed by atoms with Crippen LogP contribution in [-0.4, -0.2) is 35.4 Å². The molecule has 0 heterocycles. The molecule has 4 heteroatoms. The van der Waals surface area contributed by atoms with Crippen molar-refractivity contribution in [3.63, 3.8) is 0 Å². The minimum Gasteiger partial charge on any atom is -0.478 e. The van der Waals surface area contributed by atoms with E-state index in [-0.39, 0.29) is 12.1 Å². The number of aliphatic hydroxyl groups excluding tert-OH is 1. The van der Waals surface area contributed by atoms with Crippen LogP contribution in [0.25, 0.3) is 0 Å². The fourth-order valence-electron chi connectivity index (χ4n) is 2.84. The first-order chi connectivity index (χ1) is 9.00. The molecule has 0 amide bonds. The summed E-state index contributed by atoms with van der Waals surface area (Å²) in [5.41, 5.74) is 2.02. The largest absolute Gasteiger partial charge is 0.478 e. The third kappa shape index (κ3) is 2.89. The summed E-state index contributed by atoms with van der Waals surface area (Å²) < 4.78 is 0. The number of hydrogen-bond donors (Lipinski definition) is 2. The van der Waals surface area contributed by atoms with Crippen LogP contribution in [0.2, 0.25) is 0 Å². The van der Waals surface area contributed by atoms with Crippen molar-refractivity contribution in [2.75, 3.05) is 11.9 Å². The van der Waals surface area contributed by atoms with Gasteiger partial charge in [-0.2, -0.15) is 0 Å². The molecule has 19 heavy (non-hydrogen) atoms. The Morgan fingerprint density at radius 3 is 2.63 bits per heavy atom. The van der Waals surface area contributed by atoms with E-state index in [4.69, 9.17) is 0 Å². The Bertz CT molecular complexity index is 472. The van der Waals surface area contributed by atoms with Crippen LogP contribution in [0, 0.1) is 6.92 Å². The normalized spacial score (nSPS) is 23.1. The molecule has 0 spiro atoms. The lowest BCUT2D eigenvalue weighted by atomic mass is 9.91. The van der Waals surface area contributed by atoms with Gasteiger partial charge in [-0.25, -0.2) is 4.79 Å². The molecule has 2 rings (SSSR count). The average Bonchev–Trinajstić information content (AvgIpc) is 2.38. The van der Waals surface area contributed by atoms with Crippen LogP contribution in [0.5, 0.6) is 0 Å². The highest BCUT2D eigenvalue weighted by atomic mass is 16.4. The van der Waals surface area contributed by atoms with Crippen molar-refractivity contribution < 1.29 is 15.0 Å². The number of benzene rings is 1. The molecule has 1 fully saturated rings. The maximum Gasteiger partial charge on any atom is 0.337 e. The molecule has 1 aromatic rings. The van der Waals surface area contributed by atoms with E-state index >= 15 is 0 Å². The van der Waals surface area contributed by atoms with Crippen molar-refractivity contribution in [3.8, 4) is 0 Å². The van der Waals surface area contributed by atoms with Gasteiger partial charge in [0.25, 0.3) is 0 Å². The molecule has 0 aliphatic heterocycles. The lowest BCUT2D eigenvalue weighted by molar-refractivity contribution is 0.0695. The SMILES string of the molecule is Cc1ccc(C(=O)O)c(N(C)C2CCCCC2O)c1. The smallest absolute Gasteiger partial charge is 0.337 e. The molecule has 2 unspecified atom stereocenters. The summed E-state index contributed by atoms with van der Waals surface area (Å²) in [4.78, 5) is 13.2. The Morgan fingerprint density at radius 1 is 1.32 bits per heavy atom. The topological polar surface area (TPSA) is 60.8 Å². The van der Waals surface area contributed by atoms with Crippen LogP contribution < -0.4 is 4.90 Å². The summed E-state index contributed by atoms with van der Waals surface area (Å²) in [5, 5.41) is 19.4. The van der Waals surface area contributed by atoms with Gasteiger partial charge in [0.05, 0.1) is 23.4 Å². The number of hydrogen-bond acceptors (Lipinski definition) is 3. The zero-order valence-corrected chi connectivity index (χ0v) is 11.5. The summed E-state index contributed by atoms with van der Waals surface area (Å²) in [6.45, 7) is 1.94. The third-order valence-electron chi connectivity index (χ3n) is 3.96. The molecule has 1 aliphatic carbocycles. The van der Waals surface area contributed by atoms with E-state index in [9.17, 15) is 15.0 Å². The second-order valence-electron chi connectivity index (χ2n) is 5.36. The van der Waals surface area contributed by atoms with Gasteiger partial charge in [0.1, 0.15) is 0 Å². The molecule has 2 atom stereocenters. The average molecular weight is 263 g/mol. The van der Waals surface area contributed by atoms with E-state index in [1.807, 2.05) is 24.9 Å². The quantitative estimate of drug-likeness (QED) is 0.879. The Kier molecular flexibility index (Phi) is 4.10. The first kappa shape index (κ1) is 13.9. The van der Waals surface area contributed by atoms with E-state index in [0.717, 1.165) is 31.2 Å². The molecular formula is C15H21NO3. The predicted molar refractivity (Wildman–Crippen MR) is 74.8 cm³/mol. The standard InChI is InChI=1S/C15H21NO3/c1-10-7-8-11(15(18)19)13(9-10)16(2)12-5-3-4-6-14(12)17/h7-9,12,14,17H,3-6H2,1-2H3,(H,18,19). The highest BCUT2D eigenvalue weighted by Crippen LogP contribution is 2.29. The molecule has 4 nitrogen and oxygen atoms in total. The molecule has 0 aromatic heterocycles. The van der Waals surface area contributed by atoms with Crippen molar-refractivity contribution in [3.05, 3.63) is 29.3 Å². The van der Waals surface area contributed by atoms with Crippen LogP contribution >= 0.6 is 0 Å². The predicted octanol–water partition coefficient (Wildman–Crippen LogP) is 2.43. The molecular weight excluding hydrogens is 242 g/mol. The van der Waals surface area contributed by atoms with Gasteiger partial charge < -0.3 is 15.1 Å². The van der Waals surface area contributed by atoms with E-state index in [1.165, 1.54) is 0 Å². The zero-order chi connectivity index (χ0) is 14.0. The minimum atomic E-state index is -0.924. The van der Waals surface area contributed by atoms with E-state index in [2.05, 4.69) is 0 Å². The molecule has 0 radical (unpaired) electrons. The molecule has 2 N–H and O–H groups in total. The van der Waals surface area contributed by atoms with Gasteiger partial charge in [-0.05, 0) is 37.5 Å². The lowest BCUT2D eigenvalue weighted by Gasteiger charge is -2.37. The van der Waals surface area contributed by atoms with Gasteiger partial charge in [-0.15, -0.1) is 0 Å². The number of carbonyl (C=O) groups is 1. The number of aryl methyl sites for hydroxylation is 1. The van der Waals surface area contributed by atoms with Gasteiger partial charge in [-0.1, -0.05) is 18.9 Å². The van der Waals surface area contributed by atoms with Gasteiger partial charge >= 0.3 is 5.97 Å². The highest BCUT2D eigenvalue weighted by Gasteiger charge is 2.28. The van der Waals surface area contributed by atoms with Crippen molar-refractivity contribution in [1.82, 2.24) is 0 Å². The monoisotopic (exact) mass is 263 g/mol. The maximum atomic E-state index is 11.3. The second-order valence-corrected chi connectivity index (χ2v) is 5.36. The summed E-state index contributed by atoms with van der Waals surface area (Å²) in [7, 11) is 1.88. The van der Waals surface area contributed by atoms with Crippen LogP contribution in [0.3, 0.4) is 0 Å². The summed E-state index contributed by atoms with van der Waals surface area (Å²) in [5.74, 6) is -0.924. The fraction of sp³-hybridized carbons (Fsp3) is 0.533. The zero-order valence-electron chi connectivity index (χ0n) is 11.5. The van der Waals surface area contributed by atoms with Crippen LogP contribution in [0.1, 0.15) is 41.6 Å². The highest BCUT2D eigenvalue weighted by molar-refractivity contribution is 5.94. The number of carboxylic acid groups (broad SMARTS) is 1. The summed E-state index contributed by atoms with van der Waals surface area (Å²) >= 11 is 0. The van der Waals surface area contributed by atoms with Crippen molar-refractivity contribution in [2.45, 2.75) is 44.8 Å². The van der Waals surface area contributed by atoms with Crippen LogP contribution in [0.4, 0.5) is 5.69 Å². The molecule has 1 aromatic carbocycles. The van der Waals surface area contributed by atoms with Gasteiger partial charge in [-0.3, -0.25) is 0 Å². The maximum absolute atomic E-state index is 11.3. The molecule has 1 aliphatic rings. The number of aromatic carboxylic acids is 1. The number of likely N-dealkylation sites (N-methyl/N-ethyl adjacent to an activating group) is 1.